The normalized spacial score (nSPS) is 24.8. The number of esters is 1. The predicted molar refractivity (Wildman–Crippen MR) is 126 cm³/mol. The average Bonchev–Trinajstić information content (AvgIpc) is 2.81. The van der Waals surface area contributed by atoms with Gasteiger partial charge in [0.25, 0.3) is 0 Å². The average molecular weight is 523 g/mol. The summed E-state index contributed by atoms with van der Waals surface area (Å²) >= 11 is 0. The quantitative estimate of drug-likeness (QED) is 0.175. The molecule has 0 bridgehead atoms. The van der Waals surface area contributed by atoms with Gasteiger partial charge in [-0.3, -0.25) is 4.79 Å². The van der Waals surface area contributed by atoms with E-state index in [1.54, 1.807) is 13.8 Å². The van der Waals surface area contributed by atoms with Gasteiger partial charge in [0.15, 0.2) is 6.10 Å². The van der Waals surface area contributed by atoms with E-state index >= 15 is 0 Å². The summed E-state index contributed by atoms with van der Waals surface area (Å²) in [7, 11) is 0. The van der Waals surface area contributed by atoms with Gasteiger partial charge >= 0.3 is 11.6 Å². The van der Waals surface area contributed by atoms with Crippen LogP contribution in [0.2, 0.25) is 0 Å². The molecule has 0 spiro atoms. The highest BCUT2D eigenvalue weighted by Crippen LogP contribution is 2.38. The van der Waals surface area contributed by atoms with Crippen LogP contribution in [-0.2, 0) is 19.1 Å². The van der Waals surface area contributed by atoms with Crippen molar-refractivity contribution in [2.45, 2.75) is 70.1 Å². The molecule has 202 valence electrons. The first-order valence-electron chi connectivity index (χ1n) is 11.4. The van der Waals surface area contributed by atoms with Crippen LogP contribution < -0.4 is 10.4 Å². The van der Waals surface area contributed by atoms with Crippen LogP contribution in [0.4, 0.5) is 0 Å². The number of ether oxygens (including phenoxy) is 3. The van der Waals surface area contributed by atoms with Crippen molar-refractivity contribution in [1.29, 1.82) is 0 Å². The number of fused-ring (bicyclic) bond motifs is 1. The minimum Gasteiger partial charge on any atom is -0.461 e. The smallest absolute Gasteiger partial charge is 0.336 e. The molecule has 1 aromatic carbocycles. The molecule has 1 aliphatic heterocycles. The monoisotopic (exact) mass is 522 g/mol. The molecule has 37 heavy (non-hydrogen) atoms. The molecule has 0 aliphatic carbocycles. The number of carbonyl (C=O) groups excluding carboxylic acids is 2. The van der Waals surface area contributed by atoms with E-state index in [0.29, 0.717) is 11.0 Å². The van der Waals surface area contributed by atoms with Gasteiger partial charge in [-0.2, -0.15) is 0 Å². The molecule has 1 fully saturated rings. The predicted octanol–water partition coefficient (Wildman–Crippen LogP) is -0.138. The third-order valence-corrected chi connectivity index (χ3v) is 5.62. The van der Waals surface area contributed by atoms with Crippen molar-refractivity contribution >= 4 is 22.7 Å². The number of Topliss-reactive ketones (excluding diaryl/α,β-unsaturated/α-hetero) is 1. The summed E-state index contributed by atoms with van der Waals surface area (Å²) in [4.78, 5) is 38.0. The van der Waals surface area contributed by atoms with E-state index in [1.807, 2.05) is 0 Å². The lowest BCUT2D eigenvalue weighted by molar-refractivity contribution is -0.277. The molecule has 1 aromatic heterocycles. The van der Waals surface area contributed by atoms with Crippen molar-refractivity contribution in [1.82, 2.24) is 0 Å². The van der Waals surface area contributed by atoms with Gasteiger partial charge in [0.2, 0.25) is 12.1 Å². The minimum absolute atomic E-state index is 0.206. The van der Waals surface area contributed by atoms with Crippen LogP contribution >= 0.6 is 0 Å². The molecule has 0 amide bonds. The van der Waals surface area contributed by atoms with E-state index in [0.717, 1.165) is 12.1 Å². The fraction of sp³-hybridized carbons (Fsp3) is 0.480. The molecule has 5 N–H and O–H groups in total. The van der Waals surface area contributed by atoms with Crippen LogP contribution in [0.15, 0.2) is 45.1 Å². The molecule has 12 heteroatoms. The van der Waals surface area contributed by atoms with Gasteiger partial charge in [0.05, 0.1) is 12.2 Å². The molecule has 1 aliphatic rings. The summed E-state index contributed by atoms with van der Waals surface area (Å²) in [6.45, 7) is 4.88. The number of hydrogen-bond acceptors (Lipinski definition) is 12. The Labute approximate surface area is 211 Å². The summed E-state index contributed by atoms with van der Waals surface area (Å²) in [5, 5.41) is 50.9. The summed E-state index contributed by atoms with van der Waals surface area (Å²) in [6, 6.07) is 5.29. The van der Waals surface area contributed by atoms with Crippen molar-refractivity contribution in [2.24, 2.45) is 0 Å². The number of carbonyl (C=O) groups is 2. The number of aliphatic hydroxyl groups is 5. The number of rotatable bonds is 8. The topological polar surface area (TPSA) is 193 Å². The second-order valence-electron chi connectivity index (χ2n) is 9.43. The lowest BCUT2D eigenvalue weighted by Crippen LogP contribution is -2.60. The Morgan fingerprint density at radius 2 is 1.73 bits per heavy atom. The van der Waals surface area contributed by atoms with Gasteiger partial charge in [-0.1, -0.05) is 5.57 Å². The van der Waals surface area contributed by atoms with Crippen molar-refractivity contribution in [3.63, 3.8) is 0 Å². The zero-order valence-electron chi connectivity index (χ0n) is 20.7. The Hall–Kier alpha value is -3.13. The first kappa shape index (κ1) is 28.4. The maximum atomic E-state index is 13.3. The summed E-state index contributed by atoms with van der Waals surface area (Å²) < 4.78 is 21.9. The van der Waals surface area contributed by atoms with Crippen LogP contribution in [0, 0.1) is 0 Å². The van der Waals surface area contributed by atoms with Gasteiger partial charge in [-0.25, -0.2) is 9.59 Å². The molecule has 6 atom stereocenters. The highest BCUT2D eigenvalue weighted by molar-refractivity contribution is 5.98. The van der Waals surface area contributed by atoms with Crippen molar-refractivity contribution in [2.75, 3.05) is 6.61 Å². The molecule has 0 radical (unpaired) electrons. The molecular formula is C25H30O12. The van der Waals surface area contributed by atoms with Crippen molar-refractivity contribution in [3.8, 4) is 5.75 Å². The van der Waals surface area contributed by atoms with E-state index in [1.165, 1.54) is 32.0 Å². The lowest BCUT2D eigenvalue weighted by atomic mass is 9.92. The standard InChI is InChI=1S/C25H30O12/c1-11(2)9-16(28)37-22(23(32)25(3,4)33)17-13(7-5-12-6-8-15(27)36-21(12)17)34-24-20(31)19(30)18(29)14(10-26)35-24/h5-9,14,18-20,22,24,26,29-31,33H,10H2,1-4H3/t14-,18-,19+,20-,22-,24-/m1/s1. The lowest BCUT2D eigenvalue weighted by Gasteiger charge is -2.40. The second kappa shape index (κ2) is 11.1. The molecule has 2 aromatic rings. The fourth-order valence-electron chi connectivity index (χ4n) is 3.73. The SMILES string of the molecule is CC(C)=CC(=O)O[C@@H](C(=O)C(C)(C)O)c1c(O[C@@H]2O[C@H](CO)[C@@H](O)[C@H](O)[C@H]2O)ccc2ccc(=O)oc12. The molecule has 0 unspecified atom stereocenters. The summed E-state index contributed by atoms with van der Waals surface area (Å²) in [5.41, 5.74) is -2.74. The van der Waals surface area contributed by atoms with E-state index in [-0.39, 0.29) is 16.9 Å². The number of benzene rings is 1. The van der Waals surface area contributed by atoms with Gasteiger partial charge < -0.3 is 44.2 Å². The maximum Gasteiger partial charge on any atom is 0.336 e. The number of allylic oxidation sites excluding steroid dienone is 1. The van der Waals surface area contributed by atoms with Crippen LogP contribution in [0.5, 0.6) is 5.75 Å². The number of hydrogen-bond donors (Lipinski definition) is 5. The highest BCUT2D eigenvalue weighted by atomic mass is 16.7. The van der Waals surface area contributed by atoms with E-state index in [9.17, 15) is 39.9 Å². The third-order valence-electron chi connectivity index (χ3n) is 5.62. The van der Waals surface area contributed by atoms with E-state index < -0.39 is 66.4 Å². The Balaban J connectivity index is 2.21. The number of aliphatic hydroxyl groups excluding tert-OH is 4. The third kappa shape index (κ3) is 6.24. The first-order chi connectivity index (χ1) is 17.2. The molecule has 0 saturated carbocycles. The zero-order valence-corrected chi connectivity index (χ0v) is 20.7. The second-order valence-corrected chi connectivity index (χ2v) is 9.43. The Bertz CT molecular complexity index is 1230. The van der Waals surface area contributed by atoms with Gasteiger partial charge in [0, 0.05) is 17.5 Å². The molecular weight excluding hydrogens is 492 g/mol. The Morgan fingerprint density at radius 1 is 1.08 bits per heavy atom. The van der Waals surface area contributed by atoms with Gasteiger partial charge in [0.1, 0.15) is 41.3 Å². The highest BCUT2D eigenvalue weighted by Gasteiger charge is 2.46. The summed E-state index contributed by atoms with van der Waals surface area (Å²) in [6.07, 6.45) is -8.92. The van der Waals surface area contributed by atoms with Crippen LogP contribution in [-0.4, -0.2) is 80.2 Å². The van der Waals surface area contributed by atoms with Gasteiger partial charge in [-0.05, 0) is 45.9 Å². The summed E-state index contributed by atoms with van der Waals surface area (Å²) in [5.74, 6) is -2.18. The Morgan fingerprint density at radius 3 is 2.32 bits per heavy atom. The zero-order chi connectivity index (χ0) is 27.7. The van der Waals surface area contributed by atoms with E-state index in [2.05, 4.69) is 0 Å². The Kier molecular flexibility index (Phi) is 8.52. The molecule has 1 saturated heterocycles. The first-order valence-corrected chi connectivity index (χ1v) is 11.4. The fourth-order valence-corrected chi connectivity index (χ4v) is 3.73. The minimum atomic E-state index is -2.02. The van der Waals surface area contributed by atoms with Crippen LogP contribution in [0.25, 0.3) is 11.0 Å². The van der Waals surface area contributed by atoms with Crippen LogP contribution in [0.1, 0.15) is 39.4 Å². The molecule has 12 nitrogen and oxygen atoms in total. The van der Waals surface area contributed by atoms with Crippen molar-refractivity contribution < 1.29 is 53.7 Å². The van der Waals surface area contributed by atoms with E-state index in [4.69, 9.17) is 18.6 Å². The van der Waals surface area contributed by atoms with Gasteiger partial charge in [-0.15, -0.1) is 0 Å². The maximum absolute atomic E-state index is 13.3. The largest absolute Gasteiger partial charge is 0.461 e. The van der Waals surface area contributed by atoms with Crippen molar-refractivity contribution in [3.05, 3.63) is 51.9 Å². The number of ketones is 1. The molecule has 3 rings (SSSR count). The molecule has 2 heterocycles. The van der Waals surface area contributed by atoms with Crippen LogP contribution in [0.3, 0.4) is 0 Å².